The molecule has 2 aliphatic carbocycles. The van der Waals surface area contributed by atoms with E-state index in [1.165, 1.54) is 19.3 Å². The molecule has 110 valence electrons. The zero-order valence-corrected chi connectivity index (χ0v) is 13.6. The molecule has 0 aliphatic heterocycles. The average Bonchev–Trinajstić information content (AvgIpc) is 2.83. The van der Waals surface area contributed by atoms with Crippen LogP contribution in [-0.2, 0) is 0 Å². The minimum absolute atomic E-state index is 0.0751. The van der Waals surface area contributed by atoms with Crippen molar-refractivity contribution in [2.45, 2.75) is 46.1 Å². The van der Waals surface area contributed by atoms with Gasteiger partial charge in [0.05, 0.1) is 10.0 Å². The normalized spacial score (nSPS) is 34.5. The molecule has 1 unspecified atom stereocenters. The third kappa shape index (κ3) is 2.03. The number of halogens is 3. The summed E-state index contributed by atoms with van der Waals surface area (Å²) in [7, 11) is 0. The molecule has 2 bridgehead atoms. The molecule has 2 saturated carbocycles. The molecule has 3 rings (SSSR count). The summed E-state index contributed by atoms with van der Waals surface area (Å²) in [6.45, 7) is 7.01. The third-order valence-corrected chi connectivity index (χ3v) is 6.11. The van der Waals surface area contributed by atoms with Crippen LogP contribution in [0, 0.1) is 22.6 Å². The molecule has 0 saturated heterocycles. The van der Waals surface area contributed by atoms with E-state index in [1.54, 1.807) is 12.1 Å². The summed E-state index contributed by atoms with van der Waals surface area (Å²) < 4.78 is 13.5. The van der Waals surface area contributed by atoms with E-state index in [2.05, 4.69) is 26.1 Å². The zero-order valence-electron chi connectivity index (χ0n) is 12.1. The fourth-order valence-corrected chi connectivity index (χ4v) is 4.95. The molecule has 2 fully saturated rings. The van der Waals surface area contributed by atoms with E-state index in [4.69, 9.17) is 23.2 Å². The van der Waals surface area contributed by atoms with Gasteiger partial charge in [0.2, 0.25) is 0 Å². The first-order valence-electron chi connectivity index (χ1n) is 7.15. The molecule has 2 aliphatic rings. The molecule has 0 radical (unpaired) electrons. The number of benzene rings is 1. The van der Waals surface area contributed by atoms with Gasteiger partial charge in [-0.05, 0) is 48.1 Å². The van der Waals surface area contributed by atoms with Gasteiger partial charge in [-0.2, -0.15) is 0 Å². The second kappa shape index (κ2) is 4.51. The van der Waals surface area contributed by atoms with Crippen LogP contribution < -0.4 is 5.32 Å². The first kappa shape index (κ1) is 14.5. The number of anilines is 1. The lowest BCUT2D eigenvalue weighted by molar-refractivity contribution is 0.155. The summed E-state index contributed by atoms with van der Waals surface area (Å²) in [5.41, 5.74) is 1.36. The predicted molar refractivity (Wildman–Crippen MR) is 83.1 cm³/mol. The van der Waals surface area contributed by atoms with Gasteiger partial charge < -0.3 is 5.32 Å². The molecular weight excluding hydrogens is 296 g/mol. The van der Waals surface area contributed by atoms with Gasteiger partial charge in [0.25, 0.3) is 0 Å². The molecular formula is C16H20Cl2FN. The van der Waals surface area contributed by atoms with Crippen LogP contribution in [0.15, 0.2) is 12.1 Å². The Morgan fingerprint density at radius 1 is 1.20 bits per heavy atom. The van der Waals surface area contributed by atoms with Gasteiger partial charge in [-0.15, -0.1) is 0 Å². The fraction of sp³-hybridized carbons (Fsp3) is 0.625. The van der Waals surface area contributed by atoms with Crippen molar-refractivity contribution < 1.29 is 4.39 Å². The Hall–Kier alpha value is -0.470. The summed E-state index contributed by atoms with van der Waals surface area (Å²) in [6, 6.07) is 3.63. The fourth-order valence-electron chi connectivity index (χ4n) is 4.47. The van der Waals surface area contributed by atoms with Gasteiger partial charge in [-0.3, -0.25) is 0 Å². The summed E-state index contributed by atoms with van der Waals surface area (Å²) in [4.78, 5) is 0. The number of hydrogen-bond donors (Lipinski definition) is 1. The Balaban J connectivity index is 1.91. The van der Waals surface area contributed by atoms with Crippen molar-refractivity contribution in [2.75, 3.05) is 5.32 Å². The molecule has 3 atom stereocenters. The summed E-state index contributed by atoms with van der Waals surface area (Å²) in [5, 5.41) is 3.73. The van der Waals surface area contributed by atoms with Gasteiger partial charge in [-0.25, -0.2) is 4.39 Å². The van der Waals surface area contributed by atoms with Gasteiger partial charge in [-0.1, -0.05) is 44.0 Å². The molecule has 4 heteroatoms. The summed E-state index contributed by atoms with van der Waals surface area (Å²) >= 11 is 11.8. The SMILES string of the molecule is CC1(C)C(Nc2cc(Cl)c(F)c(Cl)c2)[C@]2(C)CC[C@H]1C2. The molecule has 0 heterocycles. The first-order chi connectivity index (χ1) is 9.24. The van der Waals surface area contributed by atoms with Gasteiger partial charge in [0, 0.05) is 11.7 Å². The highest BCUT2D eigenvalue weighted by Gasteiger charge is 2.59. The van der Waals surface area contributed by atoms with Crippen LogP contribution in [0.3, 0.4) is 0 Å². The van der Waals surface area contributed by atoms with Crippen LogP contribution in [0.25, 0.3) is 0 Å². The topological polar surface area (TPSA) is 12.0 Å². The van der Waals surface area contributed by atoms with E-state index in [-0.39, 0.29) is 15.5 Å². The lowest BCUT2D eigenvalue weighted by Crippen LogP contribution is -2.45. The second-order valence-electron chi connectivity index (χ2n) is 7.25. The van der Waals surface area contributed by atoms with Crippen molar-refractivity contribution in [1.82, 2.24) is 0 Å². The minimum atomic E-state index is -0.544. The Labute approximate surface area is 129 Å². The molecule has 1 N–H and O–H groups in total. The quantitative estimate of drug-likeness (QED) is 0.684. The molecule has 0 amide bonds. The highest BCUT2D eigenvalue weighted by Crippen LogP contribution is 2.63. The van der Waals surface area contributed by atoms with Crippen LogP contribution in [0.2, 0.25) is 10.0 Å². The first-order valence-corrected chi connectivity index (χ1v) is 7.91. The molecule has 0 aromatic heterocycles. The lowest BCUT2D eigenvalue weighted by atomic mass is 9.68. The number of fused-ring (bicyclic) bond motifs is 2. The van der Waals surface area contributed by atoms with Crippen molar-refractivity contribution in [1.29, 1.82) is 0 Å². The van der Waals surface area contributed by atoms with Crippen LogP contribution >= 0.6 is 23.2 Å². The van der Waals surface area contributed by atoms with Crippen molar-refractivity contribution >= 4 is 28.9 Å². The van der Waals surface area contributed by atoms with E-state index in [1.807, 2.05) is 0 Å². The zero-order chi connectivity index (χ0) is 14.7. The molecule has 0 spiro atoms. The van der Waals surface area contributed by atoms with Crippen LogP contribution in [0.5, 0.6) is 0 Å². The van der Waals surface area contributed by atoms with Crippen molar-refractivity contribution in [3.8, 4) is 0 Å². The van der Waals surface area contributed by atoms with Crippen molar-refractivity contribution in [3.63, 3.8) is 0 Å². The highest BCUT2D eigenvalue weighted by atomic mass is 35.5. The van der Waals surface area contributed by atoms with E-state index in [9.17, 15) is 4.39 Å². The van der Waals surface area contributed by atoms with E-state index >= 15 is 0 Å². The summed E-state index contributed by atoms with van der Waals surface area (Å²) in [5.74, 6) is 0.216. The summed E-state index contributed by atoms with van der Waals surface area (Å²) in [6.07, 6.45) is 3.83. The maximum absolute atomic E-state index is 13.5. The third-order valence-electron chi connectivity index (χ3n) is 5.56. The number of hydrogen-bond acceptors (Lipinski definition) is 1. The predicted octanol–water partition coefficient (Wildman–Crippen LogP) is 5.76. The van der Waals surface area contributed by atoms with Gasteiger partial charge in [0.1, 0.15) is 0 Å². The highest BCUT2D eigenvalue weighted by molar-refractivity contribution is 6.35. The van der Waals surface area contributed by atoms with Gasteiger partial charge in [0.15, 0.2) is 5.82 Å². The van der Waals surface area contributed by atoms with E-state index in [0.29, 0.717) is 11.5 Å². The Morgan fingerprint density at radius 3 is 2.30 bits per heavy atom. The van der Waals surface area contributed by atoms with Crippen LogP contribution in [0.1, 0.15) is 40.0 Å². The van der Waals surface area contributed by atoms with E-state index < -0.39 is 5.82 Å². The van der Waals surface area contributed by atoms with Crippen molar-refractivity contribution in [2.24, 2.45) is 16.7 Å². The average molecular weight is 316 g/mol. The Kier molecular flexibility index (Phi) is 3.26. The van der Waals surface area contributed by atoms with Crippen LogP contribution in [-0.4, -0.2) is 6.04 Å². The largest absolute Gasteiger partial charge is 0.381 e. The maximum Gasteiger partial charge on any atom is 0.160 e. The Bertz CT molecular complexity index is 530. The van der Waals surface area contributed by atoms with E-state index in [0.717, 1.165) is 11.6 Å². The van der Waals surface area contributed by atoms with Crippen LogP contribution in [0.4, 0.5) is 10.1 Å². The second-order valence-corrected chi connectivity index (χ2v) is 8.06. The minimum Gasteiger partial charge on any atom is -0.381 e. The number of nitrogens with one attached hydrogen (secondary N) is 1. The molecule has 1 aromatic rings. The van der Waals surface area contributed by atoms with Gasteiger partial charge >= 0.3 is 0 Å². The number of rotatable bonds is 2. The smallest absolute Gasteiger partial charge is 0.160 e. The molecule has 1 nitrogen and oxygen atoms in total. The standard InChI is InChI=1S/C16H20Cl2FN/c1-15(2)9-4-5-16(3,8-9)14(15)20-10-6-11(17)13(19)12(18)7-10/h6-7,9,14,20H,4-5,8H2,1-3H3/t9-,14?,16+/m0/s1. The molecule has 20 heavy (non-hydrogen) atoms. The molecule has 1 aromatic carbocycles. The Morgan fingerprint density at radius 2 is 1.80 bits per heavy atom. The maximum atomic E-state index is 13.5. The lowest BCUT2D eigenvalue weighted by Gasteiger charge is -2.43. The monoisotopic (exact) mass is 315 g/mol. The van der Waals surface area contributed by atoms with Crippen molar-refractivity contribution in [3.05, 3.63) is 28.0 Å².